The van der Waals surface area contributed by atoms with Gasteiger partial charge in [-0.3, -0.25) is 0 Å². The second-order valence-electron chi connectivity index (χ2n) is 3.54. The summed E-state index contributed by atoms with van der Waals surface area (Å²) in [6.45, 7) is 0. The van der Waals surface area contributed by atoms with Gasteiger partial charge in [-0.05, 0) is 35.2 Å². The molecule has 2 rings (SSSR count). The number of benzene rings is 1. The molecule has 6 heteroatoms. The summed E-state index contributed by atoms with van der Waals surface area (Å²) in [6.07, 6.45) is 0. The minimum atomic E-state index is -1.13. The van der Waals surface area contributed by atoms with Crippen molar-refractivity contribution >= 4 is 23.3 Å². The Morgan fingerprint density at radius 1 is 1.06 bits per heavy atom. The van der Waals surface area contributed by atoms with Crippen LogP contribution in [-0.4, -0.2) is 27.3 Å². The Kier molecular flexibility index (Phi) is 3.03. The van der Waals surface area contributed by atoms with Crippen LogP contribution in [0.5, 0.6) is 5.75 Å². The van der Waals surface area contributed by atoms with Crippen LogP contribution in [0.4, 0.5) is 0 Å². The minimum absolute atomic E-state index is 0.0232. The van der Waals surface area contributed by atoms with E-state index in [9.17, 15) is 14.7 Å². The molecule has 5 nitrogen and oxygen atoms in total. The fourth-order valence-corrected chi connectivity index (χ4v) is 2.24. The maximum atomic E-state index is 10.7. The molecular weight excluding hydrogens is 256 g/mol. The quantitative estimate of drug-likeness (QED) is 0.791. The second-order valence-corrected chi connectivity index (χ2v) is 4.45. The molecule has 1 heterocycles. The molecule has 1 aromatic carbocycles. The number of hydrogen-bond donors (Lipinski definition) is 3. The molecule has 0 unspecified atom stereocenters. The number of carbonyl (C=O) groups is 2. The largest absolute Gasteiger partial charge is 0.507 e. The highest BCUT2D eigenvalue weighted by atomic mass is 32.1. The summed E-state index contributed by atoms with van der Waals surface area (Å²) in [4.78, 5) is 21.6. The van der Waals surface area contributed by atoms with Crippen LogP contribution in [0.2, 0.25) is 0 Å². The van der Waals surface area contributed by atoms with Crippen molar-refractivity contribution in [2.75, 3.05) is 0 Å². The van der Waals surface area contributed by atoms with Crippen molar-refractivity contribution in [3.63, 3.8) is 0 Å². The first-order chi connectivity index (χ1) is 8.49. The van der Waals surface area contributed by atoms with Crippen LogP contribution in [0, 0.1) is 0 Å². The van der Waals surface area contributed by atoms with E-state index in [0.29, 0.717) is 11.1 Å². The van der Waals surface area contributed by atoms with Crippen LogP contribution in [0.1, 0.15) is 20.0 Å². The van der Waals surface area contributed by atoms with Crippen molar-refractivity contribution < 1.29 is 24.9 Å². The van der Waals surface area contributed by atoms with Gasteiger partial charge in [0, 0.05) is 5.56 Å². The molecule has 2 aromatic rings. The van der Waals surface area contributed by atoms with E-state index in [2.05, 4.69) is 0 Å². The number of rotatable bonds is 3. The lowest BCUT2D eigenvalue weighted by Gasteiger charge is -2.03. The third-order valence-corrected chi connectivity index (χ3v) is 3.28. The van der Waals surface area contributed by atoms with Gasteiger partial charge >= 0.3 is 11.9 Å². The van der Waals surface area contributed by atoms with Crippen LogP contribution in [0.15, 0.2) is 29.6 Å². The van der Waals surface area contributed by atoms with E-state index in [1.54, 1.807) is 5.38 Å². The number of aromatic carboxylic acids is 2. The van der Waals surface area contributed by atoms with Crippen LogP contribution in [0.3, 0.4) is 0 Å². The van der Waals surface area contributed by atoms with Gasteiger partial charge in [0.15, 0.2) is 0 Å². The predicted molar refractivity (Wildman–Crippen MR) is 65.3 cm³/mol. The zero-order valence-corrected chi connectivity index (χ0v) is 9.77. The Labute approximate surface area is 106 Å². The van der Waals surface area contributed by atoms with E-state index >= 15 is 0 Å². The van der Waals surface area contributed by atoms with Crippen LogP contribution in [-0.2, 0) is 0 Å². The lowest BCUT2D eigenvalue weighted by molar-refractivity contribution is 0.0688. The summed E-state index contributed by atoms with van der Waals surface area (Å²) in [7, 11) is 0. The van der Waals surface area contributed by atoms with Gasteiger partial charge < -0.3 is 15.3 Å². The number of phenols is 1. The van der Waals surface area contributed by atoms with Crippen molar-refractivity contribution in [3.8, 4) is 16.9 Å². The third kappa shape index (κ3) is 2.18. The molecule has 3 N–H and O–H groups in total. The van der Waals surface area contributed by atoms with Crippen molar-refractivity contribution in [3.05, 3.63) is 40.1 Å². The summed E-state index contributed by atoms with van der Waals surface area (Å²) in [5, 5.41) is 28.9. The fraction of sp³-hybridized carbons (Fsp3) is 0. The summed E-state index contributed by atoms with van der Waals surface area (Å²) in [6, 6.07) is 5.38. The molecule has 0 saturated heterocycles. The van der Waals surface area contributed by atoms with Crippen LogP contribution in [0.25, 0.3) is 11.1 Å². The maximum absolute atomic E-state index is 10.7. The molecule has 0 saturated carbocycles. The van der Waals surface area contributed by atoms with Gasteiger partial charge in [-0.2, -0.15) is 0 Å². The number of thiophene rings is 1. The Balaban J connectivity index is 2.44. The van der Waals surface area contributed by atoms with Crippen LogP contribution >= 0.6 is 11.3 Å². The molecule has 0 atom stereocenters. The normalized spacial score (nSPS) is 10.2. The van der Waals surface area contributed by atoms with Gasteiger partial charge in [-0.1, -0.05) is 0 Å². The standard InChI is InChI=1S/C12H8O5S/c13-9-3-6(11(14)15)1-2-8(9)7-4-10(12(16)17)18-5-7/h1-5,13H,(H,14,15)(H,16,17). The van der Waals surface area contributed by atoms with Crippen molar-refractivity contribution in [2.45, 2.75) is 0 Å². The maximum Gasteiger partial charge on any atom is 0.345 e. The number of aromatic hydroxyl groups is 1. The highest BCUT2D eigenvalue weighted by molar-refractivity contribution is 7.12. The number of carboxylic acids is 2. The first kappa shape index (κ1) is 12.1. The van der Waals surface area contributed by atoms with E-state index < -0.39 is 11.9 Å². The topological polar surface area (TPSA) is 94.8 Å². The average molecular weight is 264 g/mol. The first-order valence-electron chi connectivity index (χ1n) is 4.87. The Hall–Kier alpha value is -2.34. The first-order valence-corrected chi connectivity index (χ1v) is 5.75. The predicted octanol–water partition coefficient (Wildman–Crippen LogP) is 2.52. The molecule has 1 aromatic heterocycles. The van der Waals surface area contributed by atoms with Crippen molar-refractivity contribution in [2.24, 2.45) is 0 Å². The number of phenolic OH excluding ortho intramolecular Hbond substituents is 1. The van der Waals surface area contributed by atoms with E-state index in [-0.39, 0.29) is 16.2 Å². The molecule has 0 amide bonds. The highest BCUT2D eigenvalue weighted by Crippen LogP contribution is 2.33. The monoisotopic (exact) mass is 264 g/mol. The second kappa shape index (κ2) is 4.50. The third-order valence-electron chi connectivity index (χ3n) is 2.37. The molecule has 18 heavy (non-hydrogen) atoms. The van der Waals surface area contributed by atoms with Crippen molar-refractivity contribution in [1.82, 2.24) is 0 Å². The van der Waals surface area contributed by atoms with Gasteiger partial charge in [0.05, 0.1) is 5.56 Å². The van der Waals surface area contributed by atoms with Crippen molar-refractivity contribution in [1.29, 1.82) is 0 Å². The lowest BCUT2D eigenvalue weighted by Crippen LogP contribution is -1.95. The zero-order chi connectivity index (χ0) is 13.3. The Bertz CT molecular complexity index is 629. The molecule has 0 radical (unpaired) electrons. The molecule has 0 aliphatic heterocycles. The fourth-order valence-electron chi connectivity index (χ4n) is 1.50. The van der Waals surface area contributed by atoms with Crippen LogP contribution < -0.4 is 0 Å². The summed E-state index contributed by atoms with van der Waals surface area (Å²) in [5.41, 5.74) is 0.931. The van der Waals surface area contributed by atoms with Gasteiger partial charge in [-0.15, -0.1) is 11.3 Å². The molecule has 0 aliphatic rings. The number of hydrogen-bond acceptors (Lipinski definition) is 4. The van der Waals surface area contributed by atoms with Gasteiger partial charge in [-0.25, -0.2) is 9.59 Å². The summed E-state index contributed by atoms with van der Waals surface area (Å²) in [5.74, 6) is -2.36. The average Bonchev–Trinajstić information content (AvgIpc) is 2.78. The molecule has 92 valence electrons. The zero-order valence-electron chi connectivity index (χ0n) is 8.95. The highest BCUT2D eigenvalue weighted by Gasteiger charge is 2.13. The van der Waals surface area contributed by atoms with Gasteiger partial charge in [0.2, 0.25) is 0 Å². The van der Waals surface area contributed by atoms with E-state index in [0.717, 1.165) is 17.4 Å². The lowest BCUT2D eigenvalue weighted by atomic mass is 10.1. The summed E-state index contributed by atoms with van der Waals surface area (Å²) >= 11 is 1.04. The summed E-state index contributed by atoms with van der Waals surface area (Å²) < 4.78 is 0. The molecule has 0 aliphatic carbocycles. The van der Waals surface area contributed by atoms with Gasteiger partial charge in [0.1, 0.15) is 10.6 Å². The Morgan fingerprint density at radius 2 is 1.78 bits per heavy atom. The molecule has 0 fully saturated rings. The van der Waals surface area contributed by atoms with E-state index in [1.165, 1.54) is 18.2 Å². The molecular formula is C12H8O5S. The SMILES string of the molecule is O=C(O)c1ccc(-c2csc(C(=O)O)c2)c(O)c1. The van der Waals surface area contributed by atoms with Gasteiger partial charge in [0.25, 0.3) is 0 Å². The van der Waals surface area contributed by atoms with E-state index in [1.807, 2.05) is 0 Å². The van der Waals surface area contributed by atoms with E-state index in [4.69, 9.17) is 10.2 Å². The number of carboxylic acid groups (broad SMARTS) is 2. The minimum Gasteiger partial charge on any atom is -0.507 e. The Morgan fingerprint density at radius 3 is 2.28 bits per heavy atom. The molecule has 0 bridgehead atoms. The molecule has 0 spiro atoms. The smallest absolute Gasteiger partial charge is 0.345 e.